The molecule has 0 amide bonds. The molecule has 114 valence electrons. The summed E-state index contributed by atoms with van der Waals surface area (Å²) >= 11 is 0. The molecule has 0 bridgehead atoms. The lowest BCUT2D eigenvalue weighted by Gasteiger charge is -2.52. The molecular weight excluding hydrogens is 252 g/mol. The average molecular weight is 280 g/mol. The fourth-order valence-corrected chi connectivity index (χ4v) is 4.94. The summed E-state index contributed by atoms with van der Waals surface area (Å²) in [7, 11) is 0. The second kappa shape index (κ2) is 4.96. The Kier molecular flexibility index (Phi) is 3.36. The minimum atomic E-state index is 0.0595. The molecule has 2 heterocycles. The monoisotopic (exact) mass is 280 g/mol. The van der Waals surface area contributed by atoms with E-state index >= 15 is 0 Å². The standard InChI is InChI=1S/C17H28O3/c1-11-6-7-13(20-16-5-3-4-8-18-16)12-9-14-15(19-14)10-17(11,12)2/h11-16H,3-10H2,1-2H3/t11-,12+,13-,14-,15+,16?,17+/m1/s1. The molecule has 0 aromatic heterocycles. The van der Waals surface area contributed by atoms with E-state index in [2.05, 4.69) is 13.8 Å². The molecule has 0 aromatic rings. The van der Waals surface area contributed by atoms with Gasteiger partial charge in [0, 0.05) is 6.61 Å². The molecule has 1 unspecified atom stereocenters. The van der Waals surface area contributed by atoms with E-state index in [9.17, 15) is 0 Å². The summed E-state index contributed by atoms with van der Waals surface area (Å²) < 4.78 is 18.0. The van der Waals surface area contributed by atoms with Gasteiger partial charge in [0.2, 0.25) is 0 Å². The first-order valence-corrected chi connectivity index (χ1v) is 8.59. The minimum Gasteiger partial charge on any atom is -0.370 e. The zero-order valence-corrected chi connectivity index (χ0v) is 12.8. The lowest BCUT2D eigenvalue weighted by molar-refractivity contribution is -0.223. The van der Waals surface area contributed by atoms with Gasteiger partial charge in [-0.15, -0.1) is 0 Å². The van der Waals surface area contributed by atoms with Crippen LogP contribution in [0.15, 0.2) is 0 Å². The van der Waals surface area contributed by atoms with Gasteiger partial charge in [0.1, 0.15) is 0 Å². The first-order valence-electron chi connectivity index (χ1n) is 8.59. The summed E-state index contributed by atoms with van der Waals surface area (Å²) in [4.78, 5) is 0. The number of rotatable bonds is 2. The summed E-state index contributed by atoms with van der Waals surface area (Å²) in [6.07, 6.45) is 10.0. The SMILES string of the molecule is C[C@@H]1CC[C@@H](OC2CCCCO2)[C@@H]2C[C@H]3O[C@H]3C[C@@]12C. The predicted octanol–water partition coefficient (Wildman–Crippen LogP) is 3.51. The van der Waals surface area contributed by atoms with Crippen molar-refractivity contribution >= 4 is 0 Å². The van der Waals surface area contributed by atoms with E-state index in [1.807, 2.05) is 0 Å². The van der Waals surface area contributed by atoms with Gasteiger partial charge >= 0.3 is 0 Å². The van der Waals surface area contributed by atoms with Crippen molar-refractivity contribution in [1.82, 2.24) is 0 Å². The quantitative estimate of drug-likeness (QED) is 0.725. The third-order valence-electron chi connectivity index (χ3n) is 6.59. The average Bonchev–Trinajstić information content (AvgIpc) is 3.20. The molecule has 4 aliphatic rings. The third-order valence-corrected chi connectivity index (χ3v) is 6.59. The molecule has 2 saturated carbocycles. The van der Waals surface area contributed by atoms with Crippen LogP contribution >= 0.6 is 0 Å². The van der Waals surface area contributed by atoms with Crippen molar-refractivity contribution in [1.29, 1.82) is 0 Å². The van der Waals surface area contributed by atoms with E-state index in [-0.39, 0.29) is 6.29 Å². The summed E-state index contributed by atoms with van der Waals surface area (Å²) in [5.74, 6) is 1.46. The van der Waals surface area contributed by atoms with E-state index in [1.165, 1.54) is 38.5 Å². The molecule has 0 N–H and O–H groups in total. The van der Waals surface area contributed by atoms with Crippen molar-refractivity contribution in [3.63, 3.8) is 0 Å². The highest BCUT2D eigenvalue weighted by molar-refractivity contribution is 5.07. The van der Waals surface area contributed by atoms with E-state index in [1.54, 1.807) is 0 Å². The van der Waals surface area contributed by atoms with Crippen molar-refractivity contribution in [2.75, 3.05) is 6.61 Å². The lowest BCUT2D eigenvalue weighted by Crippen LogP contribution is -2.50. The highest BCUT2D eigenvalue weighted by Crippen LogP contribution is 2.58. The van der Waals surface area contributed by atoms with Gasteiger partial charge < -0.3 is 14.2 Å². The van der Waals surface area contributed by atoms with E-state index in [0.717, 1.165) is 18.9 Å². The smallest absolute Gasteiger partial charge is 0.157 e. The van der Waals surface area contributed by atoms with Gasteiger partial charge in [-0.05, 0) is 62.2 Å². The van der Waals surface area contributed by atoms with Gasteiger partial charge in [0.25, 0.3) is 0 Å². The molecule has 4 rings (SSSR count). The van der Waals surface area contributed by atoms with Crippen LogP contribution in [-0.4, -0.2) is 31.2 Å². The van der Waals surface area contributed by atoms with Gasteiger partial charge in [0.15, 0.2) is 6.29 Å². The predicted molar refractivity (Wildman–Crippen MR) is 76.4 cm³/mol. The van der Waals surface area contributed by atoms with Gasteiger partial charge in [-0.1, -0.05) is 13.8 Å². The van der Waals surface area contributed by atoms with Crippen LogP contribution in [0.4, 0.5) is 0 Å². The second-order valence-electron chi connectivity index (χ2n) is 7.71. The Balaban J connectivity index is 1.48. The number of hydrogen-bond acceptors (Lipinski definition) is 3. The van der Waals surface area contributed by atoms with Crippen LogP contribution in [0.1, 0.15) is 58.8 Å². The Labute approximate surface area is 122 Å². The first kappa shape index (κ1) is 13.5. The fourth-order valence-electron chi connectivity index (χ4n) is 4.94. The Bertz CT molecular complexity index is 365. The molecule has 2 aliphatic heterocycles. The van der Waals surface area contributed by atoms with E-state index in [0.29, 0.717) is 29.6 Å². The van der Waals surface area contributed by atoms with E-state index < -0.39 is 0 Å². The van der Waals surface area contributed by atoms with Crippen molar-refractivity contribution < 1.29 is 14.2 Å². The van der Waals surface area contributed by atoms with Gasteiger partial charge in [0.05, 0.1) is 18.3 Å². The van der Waals surface area contributed by atoms with Crippen LogP contribution in [0.25, 0.3) is 0 Å². The van der Waals surface area contributed by atoms with Gasteiger partial charge in [-0.3, -0.25) is 0 Å². The molecule has 3 heteroatoms. The topological polar surface area (TPSA) is 31.0 Å². The van der Waals surface area contributed by atoms with Crippen LogP contribution < -0.4 is 0 Å². The molecule has 0 radical (unpaired) electrons. The maximum absolute atomic E-state index is 6.40. The van der Waals surface area contributed by atoms with Crippen LogP contribution in [-0.2, 0) is 14.2 Å². The molecule has 4 fully saturated rings. The van der Waals surface area contributed by atoms with Crippen LogP contribution in [0.5, 0.6) is 0 Å². The van der Waals surface area contributed by atoms with Crippen LogP contribution in [0.3, 0.4) is 0 Å². The number of epoxide rings is 1. The highest BCUT2D eigenvalue weighted by atomic mass is 16.7. The number of fused-ring (bicyclic) bond motifs is 2. The van der Waals surface area contributed by atoms with Gasteiger partial charge in [-0.25, -0.2) is 0 Å². The second-order valence-corrected chi connectivity index (χ2v) is 7.71. The largest absolute Gasteiger partial charge is 0.370 e. The van der Waals surface area contributed by atoms with Crippen LogP contribution in [0, 0.1) is 17.3 Å². The molecule has 2 saturated heterocycles. The summed E-state index contributed by atoms with van der Waals surface area (Å²) in [5, 5.41) is 0. The maximum Gasteiger partial charge on any atom is 0.157 e. The van der Waals surface area contributed by atoms with Crippen molar-refractivity contribution in [2.24, 2.45) is 17.3 Å². The molecule has 2 aliphatic carbocycles. The van der Waals surface area contributed by atoms with Crippen molar-refractivity contribution in [2.45, 2.75) is 83.4 Å². The minimum absolute atomic E-state index is 0.0595. The first-order chi connectivity index (χ1) is 9.67. The zero-order valence-electron chi connectivity index (χ0n) is 12.8. The highest BCUT2D eigenvalue weighted by Gasteiger charge is 2.59. The molecule has 20 heavy (non-hydrogen) atoms. The molecule has 0 spiro atoms. The molecule has 0 aromatic carbocycles. The van der Waals surface area contributed by atoms with Gasteiger partial charge in [-0.2, -0.15) is 0 Å². The lowest BCUT2D eigenvalue weighted by atomic mass is 9.55. The van der Waals surface area contributed by atoms with Crippen LogP contribution in [0.2, 0.25) is 0 Å². The third kappa shape index (κ3) is 2.22. The van der Waals surface area contributed by atoms with Crippen molar-refractivity contribution in [3.05, 3.63) is 0 Å². The van der Waals surface area contributed by atoms with E-state index in [4.69, 9.17) is 14.2 Å². The Hall–Kier alpha value is -0.120. The summed E-state index contributed by atoms with van der Waals surface area (Å²) in [5.41, 5.74) is 0.412. The molecule has 3 nitrogen and oxygen atoms in total. The summed E-state index contributed by atoms with van der Waals surface area (Å²) in [6, 6.07) is 0. The maximum atomic E-state index is 6.40. The number of ether oxygens (including phenoxy) is 3. The van der Waals surface area contributed by atoms with Crippen molar-refractivity contribution in [3.8, 4) is 0 Å². The Morgan fingerprint density at radius 1 is 1.10 bits per heavy atom. The normalized spacial score (nSPS) is 54.9. The molecule has 7 atom stereocenters. The summed E-state index contributed by atoms with van der Waals surface area (Å²) in [6.45, 7) is 5.80. The Morgan fingerprint density at radius 3 is 2.80 bits per heavy atom. The number of hydrogen-bond donors (Lipinski definition) is 0. The zero-order chi connectivity index (χ0) is 13.7. The molecular formula is C17H28O3. The Morgan fingerprint density at radius 2 is 2.00 bits per heavy atom. The fraction of sp³-hybridized carbons (Fsp3) is 1.00.